The first-order valence-corrected chi connectivity index (χ1v) is 14.3. The van der Waals surface area contributed by atoms with Gasteiger partial charge in [0, 0.05) is 36.2 Å². The highest BCUT2D eigenvalue weighted by atomic mass is 16.6. The summed E-state index contributed by atoms with van der Waals surface area (Å²) in [6.07, 6.45) is 4.42. The first-order valence-electron chi connectivity index (χ1n) is 14.3. The Hall–Kier alpha value is -4.27. The molecular formula is C33H37NO8. The number of carbonyl (C=O) groups is 3. The quantitative estimate of drug-likeness (QED) is 0.323. The van der Waals surface area contributed by atoms with E-state index in [0.29, 0.717) is 46.1 Å². The Kier molecular flexibility index (Phi) is 8.56. The first-order chi connectivity index (χ1) is 20.2. The van der Waals surface area contributed by atoms with Crippen molar-refractivity contribution in [3.05, 3.63) is 70.1 Å². The van der Waals surface area contributed by atoms with Gasteiger partial charge in [-0.15, -0.1) is 0 Å². The minimum absolute atomic E-state index is 0.0600. The smallest absolute Gasteiger partial charge is 0.337 e. The van der Waals surface area contributed by atoms with Crippen LogP contribution in [0.5, 0.6) is 23.0 Å². The van der Waals surface area contributed by atoms with Crippen LogP contribution in [0.25, 0.3) is 0 Å². The van der Waals surface area contributed by atoms with Crippen molar-refractivity contribution in [2.24, 2.45) is 0 Å². The molecule has 0 amide bonds. The Morgan fingerprint density at radius 3 is 2.12 bits per heavy atom. The van der Waals surface area contributed by atoms with E-state index in [4.69, 9.17) is 23.7 Å². The average molecular weight is 576 g/mol. The van der Waals surface area contributed by atoms with Crippen LogP contribution in [0.1, 0.15) is 75.3 Å². The van der Waals surface area contributed by atoms with Gasteiger partial charge in [0.15, 0.2) is 28.8 Å². The molecule has 5 rings (SSSR count). The molecule has 3 aliphatic rings. The molecule has 1 N–H and O–H groups in total. The molecule has 2 aliphatic carbocycles. The van der Waals surface area contributed by atoms with Gasteiger partial charge >= 0.3 is 11.9 Å². The maximum Gasteiger partial charge on any atom is 0.337 e. The molecule has 1 heterocycles. The van der Waals surface area contributed by atoms with Crippen molar-refractivity contribution in [2.45, 2.75) is 70.3 Å². The van der Waals surface area contributed by atoms with E-state index in [2.05, 4.69) is 5.32 Å². The van der Waals surface area contributed by atoms with Crippen molar-refractivity contribution in [1.29, 1.82) is 0 Å². The van der Waals surface area contributed by atoms with Gasteiger partial charge in [0.1, 0.15) is 6.10 Å². The summed E-state index contributed by atoms with van der Waals surface area (Å²) in [5, 5.41) is 3.40. The number of ether oxygens (including phenoxy) is 5. The lowest BCUT2D eigenvalue weighted by Gasteiger charge is -2.37. The van der Waals surface area contributed by atoms with Gasteiger partial charge in [-0.3, -0.25) is 9.59 Å². The fraction of sp³-hybridized carbons (Fsp3) is 0.424. The monoisotopic (exact) mass is 575 g/mol. The van der Waals surface area contributed by atoms with Gasteiger partial charge in [0.2, 0.25) is 0 Å². The van der Waals surface area contributed by atoms with Crippen LogP contribution in [-0.2, 0) is 19.1 Å². The summed E-state index contributed by atoms with van der Waals surface area (Å²) in [5.74, 6) is 0.0789. The van der Waals surface area contributed by atoms with Crippen molar-refractivity contribution in [1.82, 2.24) is 5.32 Å². The Balaban J connectivity index is 1.57. The summed E-state index contributed by atoms with van der Waals surface area (Å²) in [6.45, 7) is 3.16. The number of ketones is 1. The molecule has 2 unspecified atom stereocenters. The molecule has 9 heteroatoms. The number of methoxy groups -OCH3 is 3. The third-order valence-corrected chi connectivity index (χ3v) is 8.28. The number of dihydropyridines is 1. The number of Topliss-reactive ketones (excluding diaryl/α,β-unsaturated/α-hetero) is 1. The number of rotatable bonds is 8. The highest BCUT2D eigenvalue weighted by molar-refractivity contribution is 6.04. The Morgan fingerprint density at radius 1 is 0.833 bits per heavy atom. The Labute approximate surface area is 245 Å². The molecule has 2 aromatic rings. The largest absolute Gasteiger partial charge is 0.493 e. The van der Waals surface area contributed by atoms with Crippen LogP contribution in [0.2, 0.25) is 0 Å². The lowest BCUT2D eigenvalue weighted by atomic mass is 9.71. The zero-order valence-electron chi connectivity index (χ0n) is 24.7. The molecule has 2 atom stereocenters. The second kappa shape index (κ2) is 12.3. The SMILES string of the molecule is COc1ccc(C2CC(=O)C3=C(C2)NC(C)=C(C(=O)OC2CCCC2)C3c2ccc(OC(C)=O)c(OC)c2)cc1OC. The van der Waals surface area contributed by atoms with Crippen LogP contribution in [0.4, 0.5) is 0 Å². The highest BCUT2D eigenvalue weighted by Gasteiger charge is 2.42. The zero-order valence-corrected chi connectivity index (χ0v) is 24.7. The van der Waals surface area contributed by atoms with Gasteiger partial charge in [0.25, 0.3) is 0 Å². The predicted octanol–water partition coefficient (Wildman–Crippen LogP) is 5.49. The molecule has 0 radical (unpaired) electrons. The highest BCUT2D eigenvalue weighted by Crippen LogP contribution is 2.48. The third kappa shape index (κ3) is 5.73. The topological polar surface area (TPSA) is 109 Å². The fourth-order valence-electron chi connectivity index (χ4n) is 6.31. The van der Waals surface area contributed by atoms with Crippen LogP contribution in [0, 0.1) is 0 Å². The lowest BCUT2D eigenvalue weighted by molar-refractivity contribution is -0.144. The van der Waals surface area contributed by atoms with Gasteiger partial charge in [-0.05, 0) is 80.3 Å². The second-order valence-corrected chi connectivity index (χ2v) is 10.9. The Bertz CT molecular complexity index is 1470. The van der Waals surface area contributed by atoms with Crippen LogP contribution in [0.15, 0.2) is 58.9 Å². The van der Waals surface area contributed by atoms with Crippen LogP contribution < -0.4 is 24.3 Å². The van der Waals surface area contributed by atoms with E-state index in [1.54, 1.807) is 32.4 Å². The number of hydrogen-bond donors (Lipinski definition) is 1. The molecule has 222 valence electrons. The molecular weight excluding hydrogens is 538 g/mol. The van der Waals surface area contributed by atoms with E-state index < -0.39 is 17.9 Å². The van der Waals surface area contributed by atoms with E-state index in [1.165, 1.54) is 14.0 Å². The fourth-order valence-corrected chi connectivity index (χ4v) is 6.31. The van der Waals surface area contributed by atoms with E-state index in [1.807, 2.05) is 25.1 Å². The number of hydrogen-bond acceptors (Lipinski definition) is 9. The second-order valence-electron chi connectivity index (χ2n) is 10.9. The molecule has 9 nitrogen and oxygen atoms in total. The molecule has 1 fully saturated rings. The average Bonchev–Trinajstić information content (AvgIpc) is 3.48. The van der Waals surface area contributed by atoms with Crippen molar-refractivity contribution < 1.29 is 38.1 Å². The molecule has 2 aromatic carbocycles. The molecule has 0 saturated heterocycles. The van der Waals surface area contributed by atoms with Gasteiger partial charge in [-0.2, -0.15) is 0 Å². The molecule has 42 heavy (non-hydrogen) atoms. The van der Waals surface area contributed by atoms with Gasteiger partial charge in [0.05, 0.1) is 26.9 Å². The van der Waals surface area contributed by atoms with E-state index in [9.17, 15) is 14.4 Å². The molecule has 0 bridgehead atoms. The minimum atomic E-state index is -0.672. The summed E-state index contributed by atoms with van der Waals surface area (Å²) >= 11 is 0. The van der Waals surface area contributed by atoms with E-state index >= 15 is 0 Å². The summed E-state index contributed by atoms with van der Waals surface area (Å²) in [5.41, 5.74) is 4.00. The van der Waals surface area contributed by atoms with Gasteiger partial charge < -0.3 is 29.0 Å². The summed E-state index contributed by atoms with van der Waals surface area (Å²) < 4.78 is 27.7. The third-order valence-electron chi connectivity index (χ3n) is 8.28. The standard InChI is InChI=1S/C33H37NO8/c1-18-30(33(37)42-23-8-6-7-9-23)31(21-11-13-27(41-19(2)35)29(17-21)40-5)32-24(34-18)14-22(15-25(32)36)20-10-12-26(38-3)28(16-20)39-4/h10-13,16-17,22-23,31,34H,6-9,14-15H2,1-5H3. The number of esters is 2. The summed E-state index contributed by atoms with van der Waals surface area (Å²) in [7, 11) is 4.65. The van der Waals surface area contributed by atoms with Crippen LogP contribution in [0.3, 0.4) is 0 Å². The molecule has 0 spiro atoms. The lowest BCUT2D eigenvalue weighted by Crippen LogP contribution is -2.36. The van der Waals surface area contributed by atoms with Gasteiger partial charge in [-0.1, -0.05) is 12.1 Å². The summed E-state index contributed by atoms with van der Waals surface area (Å²) in [6, 6.07) is 10.8. The maximum atomic E-state index is 14.0. The van der Waals surface area contributed by atoms with Gasteiger partial charge in [-0.25, -0.2) is 4.79 Å². The summed E-state index contributed by atoms with van der Waals surface area (Å²) in [4.78, 5) is 39.4. The molecule has 1 saturated carbocycles. The predicted molar refractivity (Wildman–Crippen MR) is 155 cm³/mol. The molecule has 0 aromatic heterocycles. The Morgan fingerprint density at radius 2 is 1.45 bits per heavy atom. The molecule has 1 aliphatic heterocycles. The van der Waals surface area contributed by atoms with Crippen molar-refractivity contribution in [3.63, 3.8) is 0 Å². The number of benzene rings is 2. The van der Waals surface area contributed by atoms with Crippen LogP contribution in [-0.4, -0.2) is 45.2 Å². The zero-order chi connectivity index (χ0) is 30.0. The maximum absolute atomic E-state index is 14.0. The number of carbonyl (C=O) groups excluding carboxylic acids is 3. The van der Waals surface area contributed by atoms with E-state index in [-0.39, 0.29) is 30.0 Å². The van der Waals surface area contributed by atoms with Crippen molar-refractivity contribution in [2.75, 3.05) is 21.3 Å². The van der Waals surface area contributed by atoms with Crippen molar-refractivity contribution in [3.8, 4) is 23.0 Å². The minimum Gasteiger partial charge on any atom is -0.493 e. The van der Waals surface area contributed by atoms with E-state index in [0.717, 1.165) is 36.9 Å². The first kappa shape index (κ1) is 29.2. The van der Waals surface area contributed by atoms with Crippen LogP contribution >= 0.6 is 0 Å². The number of allylic oxidation sites excluding steroid dienone is 3. The number of nitrogens with one attached hydrogen (secondary N) is 1. The normalized spacial score (nSPS) is 20.5. The van der Waals surface area contributed by atoms with Crippen molar-refractivity contribution >= 4 is 17.7 Å².